The van der Waals surface area contributed by atoms with E-state index in [2.05, 4.69) is 20.9 Å². The lowest BCUT2D eigenvalue weighted by atomic mass is 10.1. The van der Waals surface area contributed by atoms with Crippen LogP contribution in [0.4, 0.5) is 0 Å². The van der Waals surface area contributed by atoms with Gasteiger partial charge in [0, 0.05) is 28.1 Å². The Balaban J connectivity index is 1.87. The summed E-state index contributed by atoms with van der Waals surface area (Å²) in [6.07, 6.45) is 0.732. The van der Waals surface area contributed by atoms with Crippen molar-refractivity contribution >= 4 is 38.7 Å². The summed E-state index contributed by atoms with van der Waals surface area (Å²) in [5.74, 6) is -0.583. The molecular weight excluding hydrogens is 364 g/mol. The molecule has 2 atom stereocenters. The van der Waals surface area contributed by atoms with E-state index in [4.69, 9.17) is 9.47 Å². The standard InChI is InChI=1S/C16H17BrN2O4/c1-9-7-19(8-14(23-9)16(21)22-2)15(20)12-6-18-13-5-10(17)3-4-11(12)13/h3-6,9,14,18H,7-8H2,1-2H3/t9-,14+/m1/s1. The van der Waals surface area contributed by atoms with Crippen LogP contribution in [0.15, 0.2) is 28.9 Å². The highest BCUT2D eigenvalue weighted by molar-refractivity contribution is 9.10. The summed E-state index contributed by atoms with van der Waals surface area (Å²) in [4.78, 5) is 29.3. The molecule has 122 valence electrons. The fourth-order valence-electron chi connectivity index (χ4n) is 2.82. The first-order valence-electron chi connectivity index (χ1n) is 7.28. The molecule has 1 aliphatic rings. The molecule has 0 saturated carbocycles. The number of ether oxygens (including phenoxy) is 2. The highest BCUT2D eigenvalue weighted by Gasteiger charge is 2.34. The topological polar surface area (TPSA) is 71.6 Å². The second kappa shape index (κ2) is 6.33. The Morgan fingerprint density at radius 1 is 1.39 bits per heavy atom. The van der Waals surface area contributed by atoms with Crippen molar-refractivity contribution in [3.63, 3.8) is 0 Å². The van der Waals surface area contributed by atoms with Crippen molar-refractivity contribution in [3.8, 4) is 0 Å². The summed E-state index contributed by atoms with van der Waals surface area (Å²) < 4.78 is 11.2. The van der Waals surface area contributed by atoms with E-state index in [1.165, 1.54) is 7.11 Å². The minimum atomic E-state index is -0.743. The van der Waals surface area contributed by atoms with E-state index in [0.717, 1.165) is 15.4 Å². The number of aromatic nitrogens is 1. The second-order valence-electron chi connectivity index (χ2n) is 5.56. The third-order valence-electron chi connectivity index (χ3n) is 3.89. The van der Waals surface area contributed by atoms with Crippen LogP contribution in [0.1, 0.15) is 17.3 Å². The predicted molar refractivity (Wildman–Crippen MR) is 88.3 cm³/mol. The van der Waals surface area contributed by atoms with Gasteiger partial charge in [-0.2, -0.15) is 0 Å². The van der Waals surface area contributed by atoms with E-state index in [1.807, 2.05) is 25.1 Å². The van der Waals surface area contributed by atoms with Gasteiger partial charge in [-0.05, 0) is 19.1 Å². The largest absolute Gasteiger partial charge is 0.467 e. The number of nitrogens with one attached hydrogen (secondary N) is 1. The van der Waals surface area contributed by atoms with Gasteiger partial charge in [0.2, 0.25) is 0 Å². The Morgan fingerprint density at radius 2 is 2.17 bits per heavy atom. The minimum Gasteiger partial charge on any atom is -0.467 e. The lowest BCUT2D eigenvalue weighted by molar-refractivity contribution is -0.164. The molecule has 6 nitrogen and oxygen atoms in total. The zero-order valence-corrected chi connectivity index (χ0v) is 14.4. The van der Waals surface area contributed by atoms with Gasteiger partial charge in [0.15, 0.2) is 6.10 Å². The van der Waals surface area contributed by atoms with Gasteiger partial charge in [0.05, 0.1) is 25.3 Å². The third-order valence-corrected chi connectivity index (χ3v) is 4.38. The maximum absolute atomic E-state index is 12.8. The Bertz CT molecular complexity index is 758. The second-order valence-corrected chi connectivity index (χ2v) is 6.48. The number of fused-ring (bicyclic) bond motifs is 1. The predicted octanol–water partition coefficient (Wildman–Crippen LogP) is 2.33. The number of methoxy groups -OCH3 is 1. The first-order valence-corrected chi connectivity index (χ1v) is 8.08. The van der Waals surface area contributed by atoms with E-state index < -0.39 is 12.1 Å². The quantitative estimate of drug-likeness (QED) is 0.811. The number of aromatic amines is 1. The SMILES string of the molecule is COC(=O)[C@@H]1CN(C(=O)c2c[nH]c3cc(Br)ccc23)C[C@@H](C)O1. The van der Waals surface area contributed by atoms with Gasteiger partial charge < -0.3 is 19.4 Å². The number of esters is 1. The summed E-state index contributed by atoms with van der Waals surface area (Å²) in [5, 5.41) is 0.854. The van der Waals surface area contributed by atoms with E-state index >= 15 is 0 Å². The summed E-state index contributed by atoms with van der Waals surface area (Å²) in [6, 6.07) is 5.71. The fraction of sp³-hybridized carbons (Fsp3) is 0.375. The number of hydrogen-bond acceptors (Lipinski definition) is 4. The fourth-order valence-corrected chi connectivity index (χ4v) is 3.19. The van der Waals surface area contributed by atoms with E-state index in [-0.39, 0.29) is 18.6 Å². The van der Waals surface area contributed by atoms with Crippen molar-refractivity contribution in [1.82, 2.24) is 9.88 Å². The molecule has 1 saturated heterocycles. The Labute approximate surface area is 141 Å². The van der Waals surface area contributed by atoms with Gasteiger partial charge in [-0.25, -0.2) is 4.79 Å². The zero-order chi connectivity index (χ0) is 16.6. The monoisotopic (exact) mass is 380 g/mol. The van der Waals surface area contributed by atoms with E-state index in [0.29, 0.717) is 12.1 Å². The molecule has 0 unspecified atom stereocenters. The highest BCUT2D eigenvalue weighted by Crippen LogP contribution is 2.24. The maximum Gasteiger partial charge on any atom is 0.336 e. The van der Waals surface area contributed by atoms with Gasteiger partial charge in [-0.15, -0.1) is 0 Å². The van der Waals surface area contributed by atoms with Crippen molar-refractivity contribution < 1.29 is 19.1 Å². The number of carbonyl (C=O) groups excluding carboxylic acids is 2. The third kappa shape index (κ3) is 3.11. The zero-order valence-electron chi connectivity index (χ0n) is 12.8. The number of halogens is 1. The Morgan fingerprint density at radius 3 is 2.91 bits per heavy atom. The Kier molecular flexibility index (Phi) is 4.41. The number of H-pyrrole nitrogens is 1. The molecule has 2 aromatic rings. The summed E-state index contributed by atoms with van der Waals surface area (Å²) in [5.41, 5.74) is 1.47. The first-order chi connectivity index (χ1) is 11.0. The van der Waals surface area contributed by atoms with Crippen LogP contribution in [0.3, 0.4) is 0 Å². The van der Waals surface area contributed by atoms with Crippen LogP contribution < -0.4 is 0 Å². The molecule has 2 heterocycles. The van der Waals surface area contributed by atoms with Crippen molar-refractivity contribution in [2.45, 2.75) is 19.1 Å². The van der Waals surface area contributed by atoms with Crippen molar-refractivity contribution in [2.75, 3.05) is 20.2 Å². The summed E-state index contributed by atoms with van der Waals surface area (Å²) in [7, 11) is 1.31. The van der Waals surface area contributed by atoms with Crippen molar-refractivity contribution in [3.05, 3.63) is 34.4 Å². The molecule has 3 rings (SSSR count). The van der Waals surface area contributed by atoms with Gasteiger partial charge >= 0.3 is 5.97 Å². The average molecular weight is 381 g/mol. The molecule has 1 amide bonds. The van der Waals surface area contributed by atoms with Crippen LogP contribution in [0, 0.1) is 0 Å². The van der Waals surface area contributed by atoms with E-state index in [1.54, 1.807) is 11.1 Å². The smallest absolute Gasteiger partial charge is 0.336 e. The lowest BCUT2D eigenvalue weighted by Gasteiger charge is -2.35. The van der Waals surface area contributed by atoms with Crippen LogP contribution in [0.5, 0.6) is 0 Å². The molecule has 0 radical (unpaired) electrons. The van der Waals surface area contributed by atoms with Crippen LogP contribution in [-0.2, 0) is 14.3 Å². The minimum absolute atomic E-state index is 0.123. The normalized spacial score (nSPS) is 21.4. The molecule has 7 heteroatoms. The number of amides is 1. The van der Waals surface area contributed by atoms with Crippen molar-refractivity contribution in [1.29, 1.82) is 0 Å². The summed E-state index contributed by atoms with van der Waals surface area (Å²) in [6.45, 7) is 2.47. The van der Waals surface area contributed by atoms with Crippen LogP contribution in [0.25, 0.3) is 10.9 Å². The van der Waals surface area contributed by atoms with Crippen LogP contribution in [0.2, 0.25) is 0 Å². The number of morpholine rings is 1. The van der Waals surface area contributed by atoms with Crippen LogP contribution in [-0.4, -0.2) is 54.2 Å². The maximum atomic E-state index is 12.8. The lowest BCUT2D eigenvalue weighted by Crippen LogP contribution is -2.52. The van der Waals surface area contributed by atoms with Gasteiger partial charge in [0.25, 0.3) is 5.91 Å². The molecule has 23 heavy (non-hydrogen) atoms. The van der Waals surface area contributed by atoms with Gasteiger partial charge in [0.1, 0.15) is 0 Å². The molecule has 1 aliphatic heterocycles. The number of hydrogen-bond donors (Lipinski definition) is 1. The Hall–Kier alpha value is -1.86. The molecule has 0 bridgehead atoms. The summed E-state index contributed by atoms with van der Waals surface area (Å²) >= 11 is 3.41. The molecule has 1 fully saturated rings. The molecular formula is C16H17BrN2O4. The van der Waals surface area contributed by atoms with Gasteiger partial charge in [-0.1, -0.05) is 22.0 Å². The van der Waals surface area contributed by atoms with Crippen molar-refractivity contribution in [2.24, 2.45) is 0 Å². The van der Waals surface area contributed by atoms with E-state index in [9.17, 15) is 9.59 Å². The molecule has 1 N–H and O–H groups in total. The average Bonchev–Trinajstić information content (AvgIpc) is 2.95. The number of nitrogens with zero attached hydrogens (tertiary/aromatic N) is 1. The number of carbonyl (C=O) groups is 2. The molecule has 1 aromatic carbocycles. The molecule has 1 aromatic heterocycles. The molecule has 0 aliphatic carbocycles. The first kappa shape index (κ1) is 16.0. The highest BCUT2D eigenvalue weighted by atomic mass is 79.9. The number of benzene rings is 1. The molecule has 0 spiro atoms. The van der Waals surface area contributed by atoms with Gasteiger partial charge in [-0.3, -0.25) is 4.79 Å². The van der Waals surface area contributed by atoms with Crippen LogP contribution >= 0.6 is 15.9 Å². The number of rotatable bonds is 2.